The number of hydrogen-bond acceptors (Lipinski definition) is 6. The van der Waals surface area contributed by atoms with E-state index in [0.717, 1.165) is 5.56 Å². The van der Waals surface area contributed by atoms with Gasteiger partial charge in [-0.1, -0.05) is 30.3 Å². The third kappa shape index (κ3) is 8.71. The molecule has 3 atom stereocenters. The number of aliphatic carboxylic acids is 1. The van der Waals surface area contributed by atoms with E-state index in [0.29, 0.717) is 51.7 Å². The maximum Gasteiger partial charge on any atom is 0.351 e. The van der Waals surface area contributed by atoms with Crippen LogP contribution < -0.4 is 16.4 Å². The zero-order valence-electron chi connectivity index (χ0n) is 17.7. The van der Waals surface area contributed by atoms with Crippen molar-refractivity contribution in [3.8, 4) is 0 Å². The predicted molar refractivity (Wildman–Crippen MR) is 118 cm³/mol. The van der Waals surface area contributed by atoms with E-state index >= 15 is 0 Å². The number of hydrogen-bond donors (Lipinski definition) is 5. The van der Waals surface area contributed by atoms with Gasteiger partial charge >= 0.3 is 13.6 Å². The quantitative estimate of drug-likeness (QED) is 0.223. The van der Waals surface area contributed by atoms with Crippen LogP contribution in [0.4, 0.5) is 0 Å². The van der Waals surface area contributed by atoms with Gasteiger partial charge in [0.2, 0.25) is 5.91 Å². The van der Waals surface area contributed by atoms with Gasteiger partial charge < -0.3 is 26.4 Å². The first-order valence-electron chi connectivity index (χ1n) is 10.8. The molecule has 6 N–H and O–H groups in total. The average molecular weight is 455 g/mol. The highest BCUT2D eigenvalue weighted by Gasteiger charge is 2.43. The smallest absolute Gasteiger partial charge is 0.351 e. The van der Waals surface area contributed by atoms with Crippen molar-refractivity contribution < 1.29 is 28.7 Å². The molecule has 1 aliphatic heterocycles. The summed E-state index contributed by atoms with van der Waals surface area (Å²) < 4.78 is 18.4. The van der Waals surface area contributed by atoms with Crippen LogP contribution in [-0.4, -0.2) is 53.4 Å². The molecule has 174 valence electrons. The molecule has 0 radical (unpaired) electrons. The van der Waals surface area contributed by atoms with Crippen LogP contribution in [0.1, 0.15) is 44.1 Å². The van der Waals surface area contributed by atoms with E-state index in [2.05, 4.69) is 10.6 Å². The Hall–Kier alpha value is -1.77. The molecule has 1 aromatic rings. The third-order valence-corrected chi connectivity index (χ3v) is 7.26. The molecule has 31 heavy (non-hydrogen) atoms. The lowest BCUT2D eigenvalue weighted by molar-refractivity contribution is -0.145. The van der Waals surface area contributed by atoms with Crippen molar-refractivity contribution in [1.82, 2.24) is 10.6 Å². The van der Waals surface area contributed by atoms with Gasteiger partial charge in [0.15, 0.2) is 6.10 Å². The van der Waals surface area contributed by atoms with E-state index in [4.69, 9.17) is 10.3 Å². The van der Waals surface area contributed by atoms with Gasteiger partial charge in [0.1, 0.15) is 5.78 Å². The minimum absolute atomic E-state index is 0.0813. The number of amides is 1. The fourth-order valence-electron chi connectivity index (χ4n) is 3.71. The van der Waals surface area contributed by atoms with Crippen LogP contribution in [0.25, 0.3) is 0 Å². The molecule has 1 heterocycles. The minimum atomic E-state index is -4.45. The number of carbonyl (C=O) groups is 2. The Morgan fingerprint density at radius 3 is 2.52 bits per heavy atom. The lowest BCUT2D eigenvalue weighted by Crippen LogP contribution is -2.45. The number of benzene rings is 1. The maximum atomic E-state index is 13.2. The van der Waals surface area contributed by atoms with Crippen molar-refractivity contribution in [3.63, 3.8) is 0 Å². The van der Waals surface area contributed by atoms with Crippen molar-refractivity contribution in [2.24, 2.45) is 11.7 Å². The topological polar surface area (TPSA) is 151 Å². The Morgan fingerprint density at radius 2 is 1.90 bits per heavy atom. The second-order valence-electron chi connectivity index (χ2n) is 7.87. The molecular formula is C21H34N3O6P. The summed E-state index contributed by atoms with van der Waals surface area (Å²) in [6.07, 6.45) is 1.55. The van der Waals surface area contributed by atoms with Gasteiger partial charge in [-0.15, -0.1) is 0 Å². The number of carboxylic acid groups (broad SMARTS) is 1. The number of carboxylic acids is 1. The molecule has 0 spiro atoms. The highest BCUT2D eigenvalue weighted by atomic mass is 31.2. The summed E-state index contributed by atoms with van der Waals surface area (Å²) in [7, 11) is -4.45. The molecule has 0 bridgehead atoms. The number of nitrogens with one attached hydrogen (secondary N) is 2. The second kappa shape index (κ2) is 12.9. The number of piperidine rings is 1. The molecule has 10 heteroatoms. The molecule has 0 aliphatic carbocycles. The standard InChI is InChI=1S/C21H34N3O6P/c22-13-5-4-8-18(21(26)27)30-31(28,29)20(17-11-14-23-15-12-17)24-19(25)10-9-16-6-2-1-3-7-16/h1-3,6-7,17-18,20,23H,4-5,8-15,22H2,(H,24,25)(H,26,27)(H,28,29)/t18?,20-/m0/s1. The van der Waals surface area contributed by atoms with Gasteiger partial charge in [-0.05, 0) is 69.6 Å². The van der Waals surface area contributed by atoms with E-state index in [9.17, 15) is 24.2 Å². The van der Waals surface area contributed by atoms with E-state index in [-0.39, 0.29) is 24.7 Å². The fourth-order valence-corrected chi connectivity index (χ4v) is 5.54. The van der Waals surface area contributed by atoms with E-state index < -0.39 is 25.5 Å². The molecule has 9 nitrogen and oxygen atoms in total. The molecule has 0 saturated carbocycles. The summed E-state index contributed by atoms with van der Waals surface area (Å²) in [5, 5.41) is 15.3. The average Bonchev–Trinajstić information content (AvgIpc) is 2.76. The summed E-state index contributed by atoms with van der Waals surface area (Å²) in [5.74, 6) is -3.09. The Labute approximate surface area is 183 Å². The maximum absolute atomic E-state index is 13.2. The molecule has 2 rings (SSSR count). The lowest BCUT2D eigenvalue weighted by atomic mass is 9.97. The number of carbonyl (C=O) groups excluding carboxylic acids is 1. The van der Waals surface area contributed by atoms with Crippen LogP contribution in [0.5, 0.6) is 0 Å². The van der Waals surface area contributed by atoms with Crippen molar-refractivity contribution >= 4 is 19.5 Å². The Bertz CT molecular complexity index is 742. The van der Waals surface area contributed by atoms with Crippen molar-refractivity contribution in [2.45, 2.75) is 56.8 Å². The first kappa shape index (κ1) is 25.5. The van der Waals surface area contributed by atoms with Crippen LogP contribution in [0.15, 0.2) is 30.3 Å². The van der Waals surface area contributed by atoms with Crippen LogP contribution in [-0.2, 0) is 25.1 Å². The molecule has 1 fully saturated rings. The SMILES string of the molecule is NCCCCC(OP(=O)(O)[C@H](NC(=O)CCc1ccccc1)C1CCNCC1)C(=O)O. The van der Waals surface area contributed by atoms with Crippen molar-refractivity contribution in [2.75, 3.05) is 19.6 Å². The zero-order valence-corrected chi connectivity index (χ0v) is 18.6. The van der Waals surface area contributed by atoms with Gasteiger partial charge in [-0.25, -0.2) is 4.79 Å². The summed E-state index contributed by atoms with van der Waals surface area (Å²) >= 11 is 0. The molecule has 1 aliphatic rings. The highest BCUT2D eigenvalue weighted by Crippen LogP contribution is 2.52. The number of aryl methyl sites for hydroxylation is 1. The Balaban J connectivity index is 2.08. The number of nitrogens with two attached hydrogens (primary N) is 1. The van der Waals surface area contributed by atoms with Crippen LogP contribution in [0.3, 0.4) is 0 Å². The van der Waals surface area contributed by atoms with E-state index in [1.807, 2.05) is 30.3 Å². The normalized spacial score (nSPS) is 18.6. The Kier molecular flexibility index (Phi) is 10.6. The minimum Gasteiger partial charge on any atom is -0.479 e. The van der Waals surface area contributed by atoms with Gasteiger partial charge in [0, 0.05) is 6.42 Å². The first-order valence-corrected chi connectivity index (χ1v) is 12.5. The van der Waals surface area contributed by atoms with Gasteiger partial charge in [0.25, 0.3) is 0 Å². The third-order valence-electron chi connectivity index (χ3n) is 5.45. The molecule has 1 saturated heterocycles. The molecule has 2 unspecified atom stereocenters. The summed E-state index contributed by atoms with van der Waals surface area (Å²) in [5.41, 5.74) is 6.43. The summed E-state index contributed by atoms with van der Waals surface area (Å²) in [6.45, 7) is 1.71. The largest absolute Gasteiger partial charge is 0.479 e. The zero-order chi connectivity index (χ0) is 22.7. The van der Waals surface area contributed by atoms with E-state index in [1.54, 1.807) is 0 Å². The predicted octanol–water partition coefficient (Wildman–Crippen LogP) is 1.85. The molecule has 1 amide bonds. The summed E-state index contributed by atoms with van der Waals surface area (Å²) in [4.78, 5) is 34.9. The van der Waals surface area contributed by atoms with Crippen molar-refractivity contribution in [3.05, 3.63) is 35.9 Å². The van der Waals surface area contributed by atoms with Crippen LogP contribution >= 0.6 is 7.60 Å². The molecule has 1 aromatic carbocycles. The number of rotatable bonds is 13. The van der Waals surface area contributed by atoms with Crippen LogP contribution in [0.2, 0.25) is 0 Å². The first-order chi connectivity index (χ1) is 14.8. The lowest BCUT2D eigenvalue weighted by Gasteiger charge is -2.34. The highest BCUT2D eigenvalue weighted by molar-refractivity contribution is 7.53. The second-order valence-corrected chi connectivity index (χ2v) is 9.76. The molecule has 0 aromatic heterocycles. The van der Waals surface area contributed by atoms with Crippen LogP contribution in [0, 0.1) is 5.92 Å². The Morgan fingerprint density at radius 1 is 1.23 bits per heavy atom. The van der Waals surface area contributed by atoms with E-state index in [1.165, 1.54) is 0 Å². The monoisotopic (exact) mass is 455 g/mol. The van der Waals surface area contributed by atoms with Gasteiger partial charge in [-0.2, -0.15) is 0 Å². The number of unbranched alkanes of at least 4 members (excludes halogenated alkanes) is 1. The molecular weight excluding hydrogens is 421 g/mol. The fraction of sp³-hybridized carbons (Fsp3) is 0.619. The van der Waals surface area contributed by atoms with Gasteiger partial charge in [0.05, 0.1) is 0 Å². The van der Waals surface area contributed by atoms with Gasteiger partial charge in [-0.3, -0.25) is 13.9 Å². The summed E-state index contributed by atoms with van der Waals surface area (Å²) in [6, 6.07) is 9.49. The van der Waals surface area contributed by atoms with Crippen molar-refractivity contribution in [1.29, 1.82) is 0 Å².